The van der Waals surface area contributed by atoms with Crippen LogP contribution in [0.1, 0.15) is 84.1 Å². The number of pyridine rings is 1. The van der Waals surface area contributed by atoms with Crippen molar-refractivity contribution in [3.8, 4) is 11.3 Å². The van der Waals surface area contributed by atoms with Crippen LogP contribution in [0, 0.1) is 31.2 Å². The number of aryl methyl sites for hydroxylation is 2. The summed E-state index contributed by atoms with van der Waals surface area (Å²) < 4.78 is 34.9. The summed E-state index contributed by atoms with van der Waals surface area (Å²) in [6, 6.07) is 21.4. The number of carbonyl (C=O) groups excluding carboxylic acids is 1. The van der Waals surface area contributed by atoms with E-state index in [4.69, 9.17) is 10.1 Å². The summed E-state index contributed by atoms with van der Waals surface area (Å²) in [7, 11) is 0. The predicted molar refractivity (Wildman–Crippen MR) is 176 cm³/mol. The number of halogens is 3. The smallest absolute Gasteiger partial charge is 0.454 e. The molecular formula is C38H45F3IrNO2-. The number of ketones is 1. The summed E-state index contributed by atoms with van der Waals surface area (Å²) in [5.41, 5.74) is 8.73. The van der Waals surface area contributed by atoms with E-state index in [-0.39, 0.29) is 49.4 Å². The van der Waals surface area contributed by atoms with Gasteiger partial charge in [-0.15, -0.1) is 29.1 Å². The zero-order chi connectivity index (χ0) is 33.2. The molecule has 0 amide bonds. The van der Waals surface area contributed by atoms with Crippen LogP contribution in [0.25, 0.3) is 32.9 Å². The fraction of sp³-hybridized carbons (Fsp3) is 0.421. The summed E-state index contributed by atoms with van der Waals surface area (Å²) in [4.78, 5) is 15.5. The maximum Gasteiger partial charge on any atom is 0.454 e. The van der Waals surface area contributed by atoms with Crippen LogP contribution in [-0.2, 0) is 36.7 Å². The van der Waals surface area contributed by atoms with Crippen LogP contribution in [-0.4, -0.2) is 22.1 Å². The van der Waals surface area contributed by atoms with Gasteiger partial charge in [-0.1, -0.05) is 96.7 Å². The number of hydrogen-bond acceptors (Lipinski definition) is 3. The minimum atomic E-state index is -4.90. The Labute approximate surface area is 279 Å². The minimum absolute atomic E-state index is 0. The van der Waals surface area contributed by atoms with Gasteiger partial charge in [0.15, 0.2) is 0 Å². The molecule has 0 unspecified atom stereocenters. The molecule has 1 aromatic heterocycles. The monoisotopic (exact) mass is 797 g/mol. The van der Waals surface area contributed by atoms with Crippen molar-refractivity contribution in [2.45, 2.75) is 93.7 Å². The van der Waals surface area contributed by atoms with Crippen LogP contribution in [0.4, 0.5) is 13.2 Å². The van der Waals surface area contributed by atoms with E-state index in [1.165, 1.54) is 33.0 Å². The molecule has 245 valence electrons. The van der Waals surface area contributed by atoms with Crippen LogP contribution in [0.15, 0.2) is 60.4 Å². The first-order valence-corrected chi connectivity index (χ1v) is 15.0. The van der Waals surface area contributed by atoms with E-state index in [1.54, 1.807) is 13.8 Å². The summed E-state index contributed by atoms with van der Waals surface area (Å²) >= 11 is 0. The van der Waals surface area contributed by atoms with Gasteiger partial charge < -0.3 is 5.11 Å². The molecule has 0 atom stereocenters. The number of carbonyl (C=O) groups is 1. The number of hydrogen-bond donors (Lipinski definition) is 1. The first kappa shape index (κ1) is 38.2. The zero-order valence-corrected chi connectivity index (χ0v) is 30.4. The standard InChI is InChI=1S/C30H34N.C8H11F3O2.Ir/c1-19-13-20(2)28-23(18-29(3,4)5)17-26(31-27(28)14-19)22-15-21-11-9-10-12-24(21)25(16-22)30(6,7)8;1-5(2)3-6(12)4-7(13)8(9,10)11;/h9-14,16-17H,18H2,1-8H3;4-5,12H,3H2,1-2H3;/q-1;;/b;6-4-;. The summed E-state index contributed by atoms with van der Waals surface area (Å²) in [6.45, 7) is 21.6. The van der Waals surface area contributed by atoms with E-state index < -0.39 is 17.7 Å². The topological polar surface area (TPSA) is 50.2 Å². The fourth-order valence-electron chi connectivity index (χ4n) is 5.40. The second kappa shape index (κ2) is 14.6. The molecule has 0 saturated heterocycles. The molecule has 1 radical (unpaired) electrons. The average molecular weight is 797 g/mol. The van der Waals surface area contributed by atoms with Crippen LogP contribution >= 0.6 is 0 Å². The fourth-order valence-corrected chi connectivity index (χ4v) is 5.40. The molecule has 0 aliphatic carbocycles. The average Bonchev–Trinajstić information content (AvgIpc) is 2.85. The quantitative estimate of drug-likeness (QED) is 0.124. The summed E-state index contributed by atoms with van der Waals surface area (Å²) in [5, 5.41) is 12.6. The number of aromatic nitrogens is 1. The van der Waals surface area contributed by atoms with Crippen molar-refractivity contribution in [3.63, 3.8) is 0 Å². The molecule has 0 aliphatic rings. The van der Waals surface area contributed by atoms with Crippen molar-refractivity contribution < 1.29 is 43.2 Å². The van der Waals surface area contributed by atoms with Gasteiger partial charge in [-0.25, -0.2) is 0 Å². The molecule has 4 aromatic rings. The van der Waals surface area contributed by atoms with Gasteiger partial charge >= 0.3 is 6.18 Å². The van der Waals surface area contributed by atoms with Crippen molar-refractivity contribution in [1.82, 2.24) is 4.98 Å². The van der Waals surface area contributed by atoms with E-state index >= 15 is 0 Å². The van der Waals surface area contributed by atoms with Gasteiger partial charge in [-0.05, 0) is 59.8 Å². The van der Waals surface area contributed by atoms with E-state index in [1.807, 2.05) is 0 Å². The molecule has 0 aliphatic heterocycles. The molecule has 0 fully saturated rings. The molecule has 45 heavy (non-hydrogen) atoms. The van der Waals surface area contributed by atoms with Gasteiger partial charge in [0.2, 0.25) is 0 Å². The molecule has 1 heterocycles. The number of benzene rings is 3. The third-order valence-corrected chi connectivity index (χ3v) is 7.11. The van der Waals surface area contributed by atoms with Gasteiger partial charge in [-0.2, -0.15) is 13.2 Å². The van der Waals surface area contributed by atoms with Crippen molar-refractivity contribution in [2.24, 2.45) is 11.3 Å². The Morgan fingerprint density at radius 1 is 0.978 bits per heavy atom. The van der Waals surface area contributed by atoms with Gasteiger partial charge in [0.25, 0.3) is 5.78 Å². The van der Waals surface area contributed by atoms with Gasteiger partial charge in [0.1, 0.15) is 0 Å². The van der Waals surface area contributed by atoms with Gasteiger partial charge in [-0.3, -0.25) is 9.78 Å². The van der Waals surface area contributed by atoms with Crippen LogP contribution in [0.3, 0.4) is 0 Å². The summed E-state index contributed by atoms with van der Waals surface area (Å²) in [5.74, 6) is -2.54. The Bertz CT molecular complexity index is 1690. The van der Waals surface area contributed by atoms with Crippen LogP contribution in [0.5, 0.6) is 0 Å². The Kier molecular flexibility index (Phi) is 12.4. The Balaban J connectivity index is 0.000000430. The SMILES string of the molecule is CC(C)C/C(O)=C/C(=O)C(F)(F)F.Cc1cc(C)c2c(CC(C)(C)C)cc(-c3[c-]c4ccccc4c(C(C)(C)C)c3)nc2c1.[Ir]. The molecule has 0 bridgehead atoms. The molecule has 7 heteroatoms. The van der Waals surface area contributed by atoms with E-state index in [0.717, 1.165) is 28.6 Å². The molecule has 0 spiro atoms. The normalized spacial score (nSPS) is 12.6. The molecule has 3 nitrogen and oxygen atoms in total. The Hall–Kier alpha value is -3.02. The molecule has 3 aromatic carbocycles. The second-order valence-corrected chi connectivity index (χ2v) is 14.4. The second-order valence-electron chi connectivity index (χ2n) is 14.4. The number of fused-ring (bicyclic) bond motifs is 2. The predicted octanol–water partition coefficient (Wildman–Crippen LogP) is 11.0. The number of aliphatic hydroxyl groups is 1. The van der Waals surface area contributed by atoms with Crippen LogP contribution < -0.4 is 0 Å². The third kappa shape index (κ3) is 10.5. The van der Waals surface area contributed by atoms with Crippen molar-refractivity contribution in [3.05, 3.63) is 88.7 Å². The van der Waals surface area contributed by atoms with Gasteiger partial charge in [0, 0.05) is 43.7 Å². The maximum absolute atomic E-state index is 11.6. The van der Waals surface area contributed by atoms with E-state index in [0.29, 0.717) is 0 Å². The number of alkyl halides is 3. The van der Waals surface area contributed by atoms with Crippen LogP contribution in [0.2, 0.25) is 0 Å². The Morgan fingerprint density at radius 2 is 1.60 bits per heavy atom. The van der Waals surface area contributed by atoms with E-state index in [9.17, 15) is 18.0 Å². The minimum Gasteiger partial charge on any atom is -0.512 e. The molecule has 4 rings (SSSR count). The Morgan fingerprint density at radius 3 is 2.16 bits per heavy atom. The number of aliphatic hydroxyl groups excluding tert-OH is 1. The first-order chi connectivity index (χ1) is 20.2. The summed E-state index contributed by atoms with van der Waals surface area (Å²) in [6.07, 6.45) is -3.59. The number of rotatable bonds is 5. The maximum atomic E-state index is 11.6. The zero-order valence-electron chi connectivity index (χ0n) is 28.0. The largest absolute Gasteiger partial charge is 0.512 e. The number of nitrogens with zero attached hydrogens (tertiary/aromatic N) is 1. The molecule has 0 saturated carbocycles. The van der Waals surface area contributed by atoms with Crippen molar-refractivity contribution in [1.29, 1.82) is 0 Å². The van der Waals surface area contributed by atoms with Gasteiger partial charge in [0.05, 0.1) is 11.3 Å². The third-order valence-electron chi connectivity index (χ3n) is 7.11. The molecular weight excluding hydrogens is 752 g/mol. The number of allylic oxidation sites excluding steroid dienone is 2. The first-order valence-electron chi connectivity index (χ1n) is 15.0. The molecule has 1 N–H and O–H groups in total. The van der Waals surface area contributed by atoms with Crippen molar-refractivity contribution >= 4 is 27.5 Å². The van der Waals surface area contributed by atoms with Crippen molar-refractivity contribution in [2.75, 3.05) is 0 Å². The van der Waals surface area contributed by atoms with E-state index in [2.05, 4.69) is 110 Å².